The molecule has 3 nitrogen and oxygen atoms in total. The van der Waals surface area contributed by atoms with Crippen LogP contribution in [0.3, 0.4) is 0 Å². The molecule has 0 spiro atoms. The number of alkyl halides is 3. The van der Waals surface area contributed by atoms with E-state index in [1.165, 1.54) is 38.2 Å². The standard InChI is InChI=1S/C25H29F4NO2/c1-24(32,25(27,28)29)19-12-15-21(22(26)16-19)18-10-13-20(14-11-18)30-23(31)9-5-8-17-6-3-2-4-7-17/h10-17,32H,2-9H2,1H3,(H,30,31). The zero-order chi connectivity index (χ0) is 23.4. The average Bonchev–Trinajstić information content (AvgIpc) is 2.74. The lowest BCUT2D eigenvalue weighted by molar-refractivity contribution is -0.258. The van der Waals surface area contributed by atoms with E-state index in [1.54, 1.807) is 24.3 Å². The molecule has 1 atom stereocenters. The van der Waals surface area contributed by atoms with Crippen LogP contribution in [0, 0.1) is 11.7 Å². The average molecular weight is 452 g/mol. The van der Waals surface area contributed by atoms with Crippen molar-refractivity contribution in [1.29, 1.82) is 0 Å². The van der Waals surface area contributed by atoms with Gasteiger partial charge in [0.1, 0.15) is 5.82 Å². The first-order valence-corrected chi connectivity index (χ1v) is 11.1. The Balaban J connectivity index is 1.58. The number of rotatable bonds is 7. The van der Waals surface area contributed by atoms with Crippen molar-refractivity contribution in [3.8, 4) is 11.1 Å². The molecule has 0 aliphatic heterocycles. The highest BCUT2D eigenvalue weighted by Gasteiger charge is 2.51. The van der Waals surface area contributed by atoms with E-state index in [-0.39, 0.29) is 11.5 Å². The summed E-state index contributed by atoms with van der Waals surface area (Å²) in [5.41, 5.74) is -2.57. The third kappa shape index (κ3) is 5.88. The summed E-state index contributed by atoms with van der Waals surface area (Å²) >= 11 is 0. The predicted octanol–water partition coefficient (Wildman–Crippen LogP) is 6.95. The SMILES string of the molecule is CC(O)(c1ccc(-c2ccc(NC(=O)CCCC3CCCCC3)cc2)c(F)c1)C(F)(F)F. The lowest BCUT2D eigenvalue weighted by atomic mass is 9.86. The van der Waals surface area contributed by atoms with E-state index in [0.29, 0.717) is 30.7 Å². The molecular weight excluding hydrogens is 422 g/mol. The molecule has 0 aromatic heterocycles. The van der Waals surface area contributed by atoms with Crippen LogP contribution in [0.2, 0.25) is 0 Å². The van der Waals surface area contributed by atoms with E-state index >= 15 is 0 Å². The Hall–Kier alpha value is -2.41. The van der Waals surface area contributed by atoms with E-state index in [9.17, 15) is 27.5 Å². The minimum Gasteiger partial charge on any atom is -0.376 e. The molecule has 1 saturated carbocycles. The Kier molecular flexibility index (Phi) is 7.59. The maximum Gasteiger partial charge on any atom is 0.421 e. The smallest absolute Gasteiger partial charge is 0.376 e. The van der Waals surface area contributed by atoms with E-state index in [4.69, 9.17) is 0 Å². The van der Waals surface area contributed by atoms with Gasteiger partial charge in [-0.15, -0.1) is 0 Å². The molecule has 2 N–H and O–H groups in total. The lowest BCUT2D eigenvalue weighted by Gasteiger charge is -2.27. The van der Waals surface area contributed by atoms with Crippen LogP contribution in [-0.2, 0) is 10.4 Å². The van der Waals surface area contributed by atoms with Crippen molar-refractivity contribution in [2.45, 2.75) is 70.1 Å². The maximum absolute atomic E-state index is 14.5. The third-order valence-corrected chi connectivity index (χ3v) is 6.30. The third-order valence-electron chi connectivity index (χ3n) is 6.30. The van der Waals surface area contributed by atoms with E-state index in [2.05, 4.69) is 5.32 Å². The van der Waals surface area contributed by atoms with Crippen molar-refractivity contribution in [3.05, 3.63) is 53.8 Å². The Morgan fingerprint density at radius 3 is 2.31 bits per heavy atom. The first-order chi connectivity index (χ1) is 15.1. The van der Waals surface area contributed by atoms with Gasteiger partial charge in [0.15, 0.2) is 5.60 Å². The Bertz CT molecular complexity index is 917. The zero-order valence-corrected chi connectivity index (χ0v) is 18.1. The molecular formula is C25H29F4NO2. The monoisotopic (exact) mass is 451 g/mol. The number of carbonyl (C=O) groups is 1. The summed E-state index contributed by atoms with van der Waals surface area (Å²) in [5.74, 6) is -0.207. The van der Waals surface area contributed by atoms with Crippen molar-refractivity contribution in [2.24, 2.45) is 5.92 Å². The van der Waals surface area contributed by atoms with Gasteiger partial charge in [0.25, 0.3) is 0 Å². The fraction of sp³-hybridized carbons (Fsp3) is 0.480. The number of halogens is 4. The number of hydrogen-bond acceptors (Lipinski definition) is 2. The molecule has 1 fully saturated rings. The molecule has 1 amide bonds. The molecule has 7 heteroatoms. The molecule has 174 valence electrons. The van der Waals surface area contributed by atoms with E-state index < -0.39 is 23.2 Å². The van der Waals surface area contributed by atoms with Gasteiger partial charge in [-0.25, -0.2) is 4.39 Å². The largest absolute Gasteiger partial charge is 0.421 e. The topological polar surface area (TPSA) is 49.3 Å². The summed E-state index contributed by atoms with van der Waals surface area (Å²) < 4.78 is 53.5. The van der Waals surface area contributed by atoms with Crippen LogP contribution in [0.5, 0.6) is 0 Å². The van der Waals surface area contributed by atoms with Crippen LogP contribution in [0.15, 0.2) is 42.5 Å². The van der Waals surface area contributed by atoms with Crippen molar-refractivity contribution in [2.75, 3.05) is 5.32 Å². The van der Waals surface area contributed by atoms with Gasteiger partial charge < -0.3 is 10.4 Å². The van der Waals surface area contributed by atoms with E-state index in [1.807, 2.05) is 0 Å². The molecule has 2 aromatic carbocycles. The molecule has 1 aliphatic rings. The fourth-order valence-corrected chi connectivity index (χ4v) is 4.20. The summed E-state index contributed by atoms with van der Waals surface area (Å²) in [6.07, 6.45) is 3.86. The Morgan fingerprint density at radius 1 is 1.06 bits per heavy atom. The highest BCUT2D eigenvalue weighted by Crippen LogP contribution is 2.39. The summed E-state index contributed by atoms with van der Waals surface area (Å²) in [6.45, 7) is 0.591. The molecule has 3 rings (SSSR count). The Labute approximate surface area is 185 Å². The number of benzene rings is 2. The highest BCUT2D eigenvalue weighted by atomic mass is 19.4. The van der Waals surface area contributed by atoms with Crippen LogP contribution in [0.1, 0.15) is 63.9 Å². The number of anilines is 1. The molecule has 0 radical (unpaired) electrons. The molecule has 0 saturated heterocycles. The molecule has 0 heterocycles. The van der Waals surface area contributed by atoms with Gasteiger partial charge >= 0.3 is 6.18 Å². The second-order valence-electron chi connectivity index (χ2n) is 8.79. The van der Waals surface area contributed by atoms with Crippen LogP contribution in [0.4, 0.5) is 23.2 Å². The number of carbonyl (C=O) groups excluding carboxylic acids is 1. The number of amides is 1. The minimum atomic E-state index is -4.92. The maximum atomic E-state index is 14.5. The highest BCUT2D eigenvalue weighted by molar-refractivity contribution is 5.91. The van der Waals surface area contributed by atoms with Gasteiger partial charge in [-0.2, -0.15) is 13.2 Å². The summed E-state index contributed by atoms with van der Waals surface area (Å²) in [4.78, 5) is 12.2. The molecule has 0 bridgehead atoms. The summed E-state index contributed by atoms with van der Waals surface area (Å²) in [6, 6.07) is 9.43. The second kappa shape index (κ2) is 10.0. The van der Waals surface area contributed by atoms with Crippen molar-refractivity contribution in [3.63, 3.8) is 0 Å². The molecule has 1 aliphatic carbocycles. The van der Waals surface area contributed by atoms with Crippen molar-refractivity contribution in [1.82, 2.24) is 0 Å². The minimum absolute atomic E-state index is 0.0709. The zero-order valence-electron chi connectivity index (χ0n) is 18.1. The number of hydrogen-bond donors (Lipinski definition) is 2. The summed E-state index contributed by atoms with van der Waals surface area (Å²) in [5, 5.41) is 12.6. The van der Waals surface area contributed by atoms with Gasteiger partial charge in [0.05, 0.1) is 0 Å². The normalized spacial score (nSPS) is 17.1. The second-order valence-corrected chi connectivity index (χ2v) is 8.79. The van der Waals surface area contributed by atoms with Crippen molar-refractivity contribution < 1.29 is 27.5 Å². The molecule has 32 heavy (non-hydrogen) atoms. The first kappa shape index (κ1) is 24.2. The first-order valence-electron chi connectivity index (χ1n) is 11.1. The lowest BCUT2D eigenvalue weighted by Crippen LogP contribution is -2.39. The van der Waals surface area contributed by atoms with Gasteiger partial charge in [-0.05, 0) is 55.0 Å². The Morgan fingerprint density at radius 2 is 1.72 bits per heavy atom. The van der Waals surface area contributed by atoms with Gasteiger partial charge in [0.2, 0.25) is 5.91 Å². The van der Waals surface area contributed by atoms with Crippen molar-refractivity contribution >= 4 is 11.6 Å². The number of aliphatic hydroxyl groups is 1. The van der Waals surface area contributed by atoms with Crippen LogP contribution >= 0.6 is 0 Å². The van der Waals surface area contributed by atoms with Gasteiger partial charge in [-0.3, -0.25) is 4.79 Å². The van der Waals surface area contributed by atoms with Gasteiger partial charge in [0, 0.05) is 17.7 Å². The predicted molar refractivity (Wildman–Crippen MR) is 117 cm³/mol. The van der Waals surface area contributed by atoms with E-state index in [0.717, 1.165) is 24.8 Å². The van der Waals surface area contributed by atoms with Crippen LogP contribution < -0.4 is 5.32 Å². The van der Waals surface area contributed by atoms with Crippen LogP contribution in [-0.4, -0.2) is 17.2 Å². The van der Waals surface area contributed by atoms with Crippen LogP contribution in [0.25, 0.3) is 11.1 Å². The quantitative estimate of drug-likeness (QED) is 0.448. The number of nitrogens with one attached hydrogen (secondary N) is 1. The molecule has 2 aromatic rings. The fourth-order valence-electron chi connectivity index (χ4n) is 4.20. The summed E-state index contributed by atoms with van der Waals surface area (Å²) in [7, 11) is 0. The molecule has 1 unspecified atom stereocenters. The van der Waals surface area contributed by atoms with Gasteiger partial charge in [-0.1, -0.05) is 56.4 Å².